The number of carbonyl (C=O) groups excluding carboxylic acids is 2. The summed E-state index contributed by atoms with van der Waals surface area (Å²) in [5.41, 5.74) is 2.17. The SMILES string of the molecule is Cc1ccc(C(=O)Nc2ccc(NC(=O)c3cc4ccccc4o3)cc2)cc1[N+](=O)[O-]. The number of anilines is 2. The third kappa shape index (κ3) is 4.27. The number of nitro groups is 1. The van der Waals surface area contributed by atoms with Crippen molar-refractivity contribution >= 4 is 39.8 Å². The minimum absolute atomic E-state index is 0.115. The minimum Gasteiger partial charge on any atom is -0.451 e. The van der Waals surface area contributed by atoms with E-state index in [2.05, 4.69) is 10.6 Å². The summed E-state index contributed by atoms with van der Waals surface area (Å²) >= 11 is 0. The number of benzene rings is 3. The van der Waals surface area contributed by atoms with Gasteiger partial charge in [-0.15, -0.1) is 0 Å². The largest absolute Gasteiger partial charge is 0.451 e. The minimum atomic E-state index is -0.522. The average molecular weight is 415 g/mol. The Morgan fingerprint density at radius 1 is 0.871 bits per heavy atom. The van der Waals surface area contributed by atoms with Gasteiger partial charge in [-0.05, 0) is 49.4 Å². The maximum Gasteiger partial charge on any atom is 0.291 e. The first-order chi connectivity index (χ1) is 14.9. The molecule has 0 spiro atoms. The van der Waals surface area contributed by atoms with Crippen LogP contribution in [0.5, 0.6) is 0 Å². The normalized spacial score (nSPS) is 10.6. The second kappa shape index (κ2) is 8.11. The Hall–Kier alpha value is -4.46. The van der Waals surface area contributed by atoms with Crippen molar-refractivity contribution in [1.82, 2.24) is 0 Å². The Morgan fingerprint density at radius 3 is 2.16 bits per heavy atom. The van der Waals surface area contributed by atoms with Gasteiger partial charge in [-0.1, -0.05) is 24.3 Å². The van der Waals surface area contributed by atoms with Crippen molar-refractivity contribution in [3.05, 3.63) is 99.8 Å². The Bertz CT molecular complexity index is 1280. The van der Waals surface area contributed by atoms with Crippen LogP contribution in [0, 0.1) is 17.0 Å². The van der Waals surface area contributed by atoms with Gasteiger partial charge in [0.05, 0.1) is 4.92 Å². The molecule has 0 aliphatic carbocycles. The van der Waals surface area contributed by atoms with Crippen molar-refractivity contribution < 1.29 is 18.9 Å². The molecule has 0 aliphatic heterocycles. The highest BCUT2D eigenvalue weighted by Gasteiger charge is 2.16. The number of rotatable bonds is 5. The molecule has 2 amide bonds. The van der Waals surface area contributed by atoms with E-state index in [0.717, 1.165) is 5.39 Å². The maximum absolute atomic E-state index is 12.4. The van der Waals surface area contributed by atoms with Gasteiger partial charge in [-0.2, -0.15) is 0 Å². The van der Waals surface area contributed by atoms with Crippen LogP contribution in [0.2, 0.25) is 0 Å². The van der Waals surface area contributed by atoms with E-state index in [-0.39, 0.29) is 22.9 Å². The summed E-state index contributed by atoms with van der Waals surface area (Å²) in [4.78, 5) is 35.4. The predicted octanol–water partition coefficient (Wildman–Crippen LogP) is 5.15. The monoisotopic (exact) mass is 415 g/mol. The van der Waals surface area contributed by atoms with E-state index >= 15 is 0 Å². The smallest absolute Gasteiger partial charge is 0.291 e. The second-order valence-electron chi connectivity index (χ2n) is 6.89. The lowest BCUT2D eigenvalue weighted by molar-refractivity contribution is -0.385. The van der Waals surface area contributed by atoms with Crippen LogP contribution >= 0.6 is 0 Å². The molecule has 4 aromatic rings. The molecule has 154 valence electrons. The van der Waals surface area contributed by atoms with Gasteiger partial charge in [-0.3, -0.25) is 19.7 Å². The number of hydrogen-bond donors (Lipinski definition) is 2. The summed E-state index contributed by atoms with van der Waals surface area (Å²) < 4.78 is 5.55. The summed E-state index contributed by atoms with van der Waals surface area (Å²) in [6.07, 6.45) is 0. The number of para-hydroxylation sites is 1. The molecule has 0 radical (unpaired) electrons. The van der Waals surface area contributed by atoms with Crippen LogP contribution < -0.4 is 10.6 Å². The lowest BCUT2D eigenvalue weighted by atomic mass is 10.1. The van der Waals surface area contributed by atoms with Crippen LogP contribution in [0.4, 0.5) is 17.1 Å². The number of carbonyl (C=O) groups is 2. The standard InChI is InChI=1S/C23H17N3O5/c1-14-6-7-16(12-19(14)26(29)30)22(27)24-17-8-10-18(11-9-17)25-23(28)21-13-15-4-2-3-5-20(15)31-21/h2-13H,1H3,(H,24,27)(H,25,28). The van der Waals surface area contributed by atoms with Crippen molar-refractivity contribution in [2.75, 3.05) is 10.6 Å². The van der Waals surface area contributed by atoms with E-state index in [9.17, 15) is 19.7 Å². The zero-order valence-corrected chi connectivity index (χ0v) is 16.4. The summed E-state index contributed by atoms with van der Waals surface area (Å²) in [7, 11) is 0. The zero-order chi connectivity index (χ0) is 22.0. The fraction of sp³-hybridized carbons (Fsp3) is 0.0435. The van der Waals surface area contributed by atoms with E-state index in [0.29, 0.717) is 22.5 Å². The molecule has 1 aromatic heterocycles. The first-order valence-corrected chi connectivity index (χ1v) is 9.37. The van der Waals surface area contributed by atoms with E-state index in [1.54, 1.807) is 43.3 Å². The molecule has 0 fully saturated rings. The molecule has 0 bridgehead atoms. The van der Waals surface area contributed by atoms with Crippen molar-refractivity contribution in [2.45, 2.75) is 6.92 Å². The molecule has 1 heterocycles. The quantitative estimate of drug-likeness (QED) is 0.345. The first-order valence-electron chi connectivity index (χ1n) is 9.37. The van der Waals surface area contributed by atoms with Crippen LogP contribution in [0.1, 0.15) is 26.5 Å². The summed E-state index contributed by atoms with van der Waals surface area (Å²) in [5, 5.41) is 17.3. The number of hydrogen-bond acceptors (Lipinski definition) is 5. The fourth-order valence-electron chi connectivity index (χ4n) is 3.07. The van der Waals surface area contributed by atoms with Crippen LogP contribution in [0.15, 0.2) is 77.2 Å². The van der Waals surface area contributed by atoms with Gasteiger partial charge >= 0.3 is 0 Å². The number of aryl methyl sites for hydroxylation is 1. The average Bonchev–Trinajstić information content (AvgIpc) is 3.20. The van der Waals surface area contributed by atoms with Gasteiger partial charge in [0, 0.05) is 34.0 Å². The third-order valence-corrected chi connectivity index (χ3v) is 4.72. The number of furan rings is 1. The van der Waals surface area contributed by atoms with Gasteiger partial charge in [0.2, 0.25) is 0 Å². The topological polar surface area (TPSA) is 114 Å². The van der Waals surface area contributed by atoms with Crippen molar-refractivity contribution in [2.24, 2.45) is 0 Å². The van der Waals surface area contributed by atoms with Crippen LogP contribution in [0.3, 0.4) is 0 Å². The van der Waals surface area contributed by atoms with Crippen LogP contribution in [-0.2, 0) is 0 Å². The van der Waals surface area contributed by atoms with E-state index in [4.69, 9.17) is 4.42 Å². The molecule has 0 aliphatic rings. The molecule has 2 N–H and O–H groups in total. The van der Waals surface area contributed by atoms with Crippen molar-refractivity contribution in [3.8, 4) is 0 Å². The molecule has 0 saturated carbocycles. The molecule has 4 rings (SSSR count). The molecule has 8 nitrogen and oxygen atoms in total. The number of nitrogens with one attached hydrogen (secondary N) is 2. The Balaban J connectivity index is 1.43. The van der Waals surface area contributed by atoms with Gasteiger partial charge in [0.25, 0.3) is 17.5 Å². The maximum atomic E-state index is 12.4. The highest BCUT2D eigenvalue weighted by atomic mass is 16.6. The first kappa shape index (κ1) is 19.8. The lowest BCUT2D eigenvalue weighted by Gasteiger charge is -2.08. The van der Waals surface area contributed by atoms with Gasteiger partial charge < -0.3 is 15.1 Å². The molecule has 0 atom stereocenters. The number of fused-ring (bicyclic) bond motifs is 1. The summed E-state index contributed by atoms with van der Waals surface area (Å²) in [5.74, 6) is -0.665. The molecule has 0 unspecified atom stereocenters. The fourth-order valence-corrected chi connectivity index (χ4v) is 3.07. The second-order valence-corrected chi connectivity index (χ2v) is 6.89. The highest BCUT2D eigenvalue weighted by Crippen LogP contribution is 2.22. The molecule has 3 aromatic carbocycles. The van der Waals surface area contributed by atoms with Crippen LogP contribution in [0.25, 0.3) is 11.0 Å². The van der Waals surface area contributed by atoms with E-state index in [1.807, 2.05) is 18.2 Å². The lowest BCUT2D eigenvalue weighted by Crippen LogP contribution is -2.13. The highest BCUT2D eigenvalue weighted by molar-refractivity contribution is 6.06. The van der Waals surface area contributed by atoms with Crippen molar-refractivity contribution in [1.29, 1.82) is 0 Å². The third-order valence-electron chi connectivity index (χ3n) is 4.72. The van der Waals surface area contributed by atoms with Crippen LogP contribution in [-0.4, -0.2) is 16.7 Å². The molecular weight excluding hydrogens is 398 g/mol. The summed E-state index contributed by atoms with van der Waals surface area (Å²) in [6.45, 7) is 1.61. The zero-order valence-electron chi connectivity index (χ0n) is 16.4. The van der Waals surface area contributed by atoms with E-state index < -0.39 is 10.8 Å². The van der Waals surface area contributed by atoms with Gasteiger partial charge in [-0.25, -0.2) is 0 Å². The summed E-state index contributed by atoms with van der Waals surface area (Å²) in [6, 6.07) is 19.8. The molecule has 31 heavy (non-hydrogen) atoms. The van der Waals surface area contributed by atoms with Gasteiger partial charge in [0.1, 0.15) is 5.58 Å². The number of nitro benzene ring substituents is 1. The molecular formula is C23H17N3O5. The predicted molar refractivity (Wildman–Crippen MR) is 116 cm³/mol. The van der Waals surface area contributed by atoms with Gasteiger partial charge in [0.15, 0.2) is 5.76 Å². The Morgan fingerprint density at radius 2 is 1.52 bits per heavy atom. The molecule has 0 saturated heterocycles. The van der Waals surface area contributed by atoms with Crippen molar-refractivity contribution in [3.63, 3.8) is 0 Å². The molecule has 8 heteroatoms. The Kier molecular flexibility index (Phi) is 5.19. The van der Waals surface area contributed by atoms with E-state index in [1.165, 1.54) is 18.2 Å². The number of nitrogens with zero attached hydrogens (tertiary/aromatic N) is 1. The number of amides is 2. The Labute approximate surface area is 176 Å².